The zero-order valence-electron chi connectivity index (χ0n) is 10.4. The van der Waals surface area contributed by atoms with Gasteiger partial charge in [0.05, 0.1) is 22.4 Å². The Hall–Kier alpha value is -0.170. The van der Waals surface area contributed by atoms with Gasteiger partial charge in [0.15, 0.2) is 0 Å². The van der Waals surface area contributed by atoms with E-state index in [1.54, 1.807) is 6.20 Å². The summed E-state index contributed by atoms with van der Waals surface area (Å²) < 4.78 is 4.92. The Morgan fingerprint density at radius 3 is 2.42 bits per heavy atom. The molecule has 0 aliphatic heterocycles. The molecule has 2 N–H and O–H groups in total. The maximum atomic E-state index is 6.40. The molecule has 3 nitrogen and oxygen atoms in total. The van der Waals surface area contributed by atoms with Crippen LogP contribution in [0.2, 0.25) is 0 Å². The van der Waals surface area contributed by atoms with Crippen LogP contribution in [0, 0.1) is 0 Å². The Morgan fingerprint density at radius 1 is 1.21 bits per heavy atom. The standard InChI is InChI=1S/C13H14Br3N3/c1-2-3-19-13(11(16)7-18-19)12(17)8-4-9(14)6-10(15)5-8/h4-7,12H,2-3,17H2,1H3. The van der Waals surface area contributed by atoms with E-state index in [0.29, 0.717) is 0 Å². The number of aromatic nitrogens is 2. The third-order valence-electron chi connectivity index (χ3n) is 2.81. The highest BCUT2D eigenvalue weighted by Gasteiger charge is 2.18. The molecule has 0 fully saturated rings. The lowest BCUT2D eigenvalue weighted by Gasteiger charge is -2.16. The third kappa shape index (κ3) is 3.48. The lowest BCUT2D eigenvalue weighted by atomic mass is 10.0. The fourth-order valence-corrected chi connectivity index (χ4v) is 3.86. The molecule has 2 rings (SSSR count). The van der Waals surface area contributed by atoms with Crippen LogP contribution in [-0.4, -0.2) is 9.78 Å². The maximum absolute atomic E-state index is 6.40. The molecular weight excluding hydrogens is 438 g/mol. The van der Waals surface area contributed by atoms with Crippen molar-refractivity contribution in [2.24, 2.45) is 5.73 Å². The summed E-state index contributed by atoms with van der Waals surface area (Å²) in [5.41, 5.74) is 8.45. The third-order valence-corrected chi connectivity index (χ3v) is 4.33. The molecule has 0 saturated heterocycles. The van der Waals surface area contributed by atoms with Crippen molar-refractivity contribution in [1.82, 2.24) is 9.78 Å². The van der Waals surface area contributed by atoms with Crippen LogP contribution in [0.25, 0.3) is 0 Å². The summed E-state index contributed by atoms with van der Waals surface area (Å²) >= 11 is 10.5. The van der Waals surface area contributed by atoms with E-state index in [9.17, 15) is 0 Å². The smallest absolute Gasteiger partial charge is 0.0738 e. The van der Waals surface area contributed by atoms with Crippen molar-refractivity contribution in [2.45, 2.75) is 25.9 Å². The second kappa shape index (κ2) is 6.52. The number of nitrogens with zero attached hydrogens (tertiary/aromatic N) is 2. The first-order valence-corrected chi connectivity index (χ1v) is 8.33. The second-order valence-corrected chi connectivity index (χ2v) is 6.97. The van der Waals surface area contributed by atoms with E-state index in [2.05, 4.69) is 59.8 Å². The molecule has 0 spiro atoms. The summed E-state index contributed by atoms with van der Waals surface area (Å²) in [4.78, 5) is 0. The van der Waals surface area contributed by atoms with Gasteiger partial charge in [-0.2, -0.15) is 5.10 Å². The molecule has 0 aliphatic rings. The molecule has 1 heterocycles. The Balaban J connectivity index is 2.43. The van der Waals surface area contributed by atoms with Crippen LogP contribution in [0.5, 0.6) is 0 Å². The summed E-state index contributed by atoms with van der Waals surface area (Å²) in [5, 5.41) is 4.36. The molecule has 0 radical (unpaired) electrons. The minimum absolute atomic E-state index is 0.211. The quantitative estimate of drug-likeness (QED) is 0.736. The van der Waals surface area contributed by atoms with Gasteiger partial charge in [0.25, 0.3) is 0 Å². The molecule has 0 saturated carbocycles. The molecule has 19 heavy (non-hydrogen) atoms. The highest BCUT2D eigenvalue weighted by atomic mass is 79.9. The van der Waals surface area contributed by atoms with E-state index < -0.39 is 0 Å². The zero-order chi connectivity index (χ0) is 14.0. The van der Waals surface area contributed by atoms with Crippen LogP contribution in [0.15, 0.2) is 37.8 Å². The molecule has 0 amide bonds. The van der Waals surface area contributed by atoms with Gasteiger partial charge in [-0.3, -0.25) is 4.68 Å². The van der Waals surface area contributed by atoms with Gasteiger partial charge in [-0.05, 0) is 46.1 Å². The summed E-state index contributed by atoms with van der Waals surface area (Å²) in [7, 11) is 0. The zero-order valence-corrected chi connectivity index (χ0v) is 15.2. The molecule has 2 aromatic rings. The van der Waals surface area contributed by atoms with E-state index in [0.717, 1.165) is 37.6 Å². The van der Waals surface area contributed by atoms with E-state index in [4.69, 9.17) is 5.73 Å². The average molecular weight is 452 g/mol. The van der Waals surface area contributed by atoms with E-state index >= 15 is 0 Å². The Bertz CT molecular complexity index is 560. The van der Waals surface area contributed by atoms with Gasteiger partial charge in [0, 0.05) is 15.5 Å². The van der Waals surface area contributed by atoms with Crippen LogP contribution in [0.3, 0.4) is 0 Å². The van der Waals surface area contributed by atoms with Crippen molar-refractivity contribution in [3.63, 3.8) is 0 Å². The normalized spacial score (nSPS) is 12.7. The molecule has 1 aromatic carbocycles. The maximum Gasteiger partial charge on any atom is 0.0738 e. The lowest BCUT2D eigenvalue weighted by molar-refractivity contribution is 0.558. The topological polar surface area (TPSA) is 43.8 Å². The van der Waals surface area contributed by atoms with Crippen LogP contribution in [0.1, 0.15) is 30.6 Å². The number of rotatable bonds is 4. The highest BCUT2D eigenvalue weighted by molar-refractivity contribution is 9.11. The molecule has 102 valence electrons. The average Bonchev–Trinajstić information content (AvgIpc) is 2.69. The van der Waals surface area contributed by atoms with Gasteiger partial charge >= 0.3 is 0 Å². The first kappa shape index (κ1) is 15.2. The summed E-state index contributed by atoms with van der Waals surface area (Å²) in [5.74, 6) is 0. The van der Waals surface area contributed by atoms with Gasteiger partial charge in [0.2, 0.25) is 0 Å². The SMILES string of the molecule is CCCn1ncc(Br)c1C(N)c1cc(Br)cc(Br)c1. The number of aryl methyl sites for hydroxylation is 1. The molecular formula is C13H14Br3N3. The lowest BCUT2D eigenvalue weighted by Crippen LogP contribution is -2.18. The highest BCUT2D eigenvalue weighted by Crippen LogP contribution is 2.30. The summed E-state index contributed by atoms with van der Waals surface area (Å²) in [6.45, 7) is 2.99. The van der Waals surface area contributed by atoms with Gasteiger partial charge in [-0.25, -0.2) is 0 Å². The van der Waals surface area contributed by atoms with E-state index in [1.807, 2.05) is 22.9 Å². The minimum atomic E-state index is -0.211. The fourth-order valence-electron chi connectivity index (χ4n) is 1.98. The van der Waals surface area contributed by atoms with Gasteiger partial charge in [-0.1, -0.05) is 38.8 Å². The molecule has 6 heteroatoms. The van der Waals surface area contributed by atoms with Crippen molar-refractivity contribution in [1.29, 1.82) is 0 Å². The first-order chi connectivity index (χ1) is 9.02. The molecule has 0 bridgehead atoms. The number of hydrogen-bond donors (Lipinski definition) is 1. The number of benzene rings is 1. The van der Waals surface area contributed by atoms with Crippen molar-refractivity contribution in [3.05, 3.63) is 49.1 Å². The van der Waals surface area contributed by atoms with Crippen molar-refractivity contribution in [3.8, 4) is 0 Å². The number of hydrogen-bond acceptors (Lipinski definition) is 2. The van der Waals surface area contributed by atoms with Crippen molar-refractivity contribution < 1.29 is 0 Å². The van der Waals surface area contributed by atoms with Gasteiger partial charge < -0.3 is 5.73 Å². The molecule has 1 unspecified atom stereocenters. The fraction of sp³-hybridized carbons (Fsp3) is 0.308. The Labute approximate surface area is 137 Å². The van der Waals surface area contributed by atoms with Crippen LogP contribution in [-0.2, 0) is 6.54 Å². The van der Waals surface area contributed by atoms with E-state index in [-0.39, 0.29) is 6.04 Å². The first-order valence-electron chi connectivity index (χ1n) is 5.95. The monoisotopic (exact) mass is 449 g/mol. The largest absolute Gasteiger partial charge is 0.319 e. The van der Waals surface area contributed by atoms with Crippen molar-refractivity contribution >= 4 is 47.8 Å². The minimum Gasteiger partial charge on any atom is -0.319 e. The van der Waals surface area contributed by atoms with Crippen LogP contribution >= 0.6 is 47.8 Å². The van der Waals surface area contributed by atoms with Gasteiger partial charge in [-0.15, -0.1) is 0 Å². The Kier molecular flexibility index (Phi) is 5.22. The number of halogens is 3. The van der Waals surface area contributed by atoms with Crippen LogP contribution in [0.4, 0.5) is 0 Å². The predicted molar refractivity (Wildman–Crippen MR) is 88.1 cm³/mol. The van der Waals surface area contributed by atoms with Crippen LogP contribution < -0.4 is 5.73 Å². The second-order valence-electron chi connectivity index (χ2n) is 4.28. The molecule has 0 aliphatic carbocycles. The summed E-state index contributed by atoms with van der Waals surface area (Å²) in [6.07, 6.45) is 2.83. The van der Waals surface area contributed by atoms with Crippen molar-refractivity contribution in [2.75, 3.05) is 0 Å². The van der Waals surface area contributed by atoms with Gasteiger partial charge in [0.1, 0.15) is 0 Å². The predicted octanol–water partition coefficient (Wildman–Crippen LogP) is 4.63. The Morgan fingerprint density at radius 2 is 1.84 bits per heavy atom. The summed E-state index contributed by atoms with van der Waals surface area (Å²) in [6, 6.07) is 5.85. The molecule has 1 aromatic heterocycles. The number of nitrogens with two attached hydrogens (primary N) is 1. The molecule has 1 atom stereocenters. The van der Waals surface area contributed by atoms with E-state index in [1.165, 1.54) is 0 Å².